The van der Waals surface area contributed by atoms with Crippen molar-refractivity contribution < 1.29 is 32.5 Å². The highest BCUT2D eigenvalue weighted by atomic mass is 35.5. The Morgan fingerprint density at radius 1 is 1.21 bits per heavy atom. The van der Waals surface area contributed by atoms with Crippen molar-refractivity contribution in [1.82, 2.24) is 4.57 Å². The predicted molar refractivity (Wildman–Crippen MR) is 129 cm³/mol. The number of aromatic nitrogens is 1. The van der Waals surface area contributed by atoms with Crippen LogP contribution in [0.25, 0.3) is 10.9 Å². The van der Waals surface area contributed by atoms with Gasteiger partial charge in [-0.3, -0.25) is 4.79 Å². The van der Waals surface area contributed by atoms with Crippen LogP contribution < -0.4 is 4.74 Å². The molecule has 1 aromatic heterocycles. The maximum Gasteiger partial charge on any atom is 0.572 e. The summed E-state index contributed by atoms with van der Waals surface area (Å²) in [7, 11) is 1.51. The van der Waals surface area contributed by atoms with Gasteiger partial charge in [0.05, 0.1) is 29.8 Å². The number of carboxylic acids is 1. The third-order valence-electron chi connectivity index (χ3n) is 5.16. The molecular formula is C25H33ClF3NO4. The molecule has 34 heavy (non-hydrogen) atoms. The van der Waals surface area contributed by atoms with Gasteiger partial charge in [-0.25, -0.2) is 0 Å². The first-order valence-electron chi connectivity index (χ1n) is 11.1. The number of hydrogen-bond acceptors (Lipinski definition) is 3. The molecule has 0 saturated heterocycles. The fraction of sp³-hybridized carbons (Fsp3) is 0.480. The summed E-state index contributed by atoms with van der Waals surface area (Å²) in [5.74, 6) is -0.619. The molecule has 0 bridgehead atoms. The molecule has 0 saturated carbocycles. The van der Waals surface area contributed by atoms with E-state index in [1.54, 1.807) is 12.1 Å². The number of carboxylic acid groups (broad SMARTS) is 1. The monoisotopic (exact) mass is 503 g/mol. The van der Waals surface area contributed by atoms with Crippen LogP contribution in [0.2, 0.25) is 5.02 Å². The second kappa shape index (κ2) is 13.3. The molecule has 0 amide bonds. The average molecular weight is 504 g/mol. The van der Waals surface area contributed by atoms with Crippen molar-refractivity contribution in [3.8, 4) is 5.75 Å². The van der Waals surface area contributed by atoms with Gasteiger partial charge in [0.15, 0.2) is 0 Å². The molecule has 0 aliphatic heterocycles. The van der Waals surface area contributed by atoms with E-state index in [-0.39, 0.29) is 12.2 Å². The lowest BCUT2D eigenvalue weighted by Crippen LogP contribution is -2.11. The number of methoxy groups -OCH3 is 1. The first-order valence-corrected chi connectivity index (χ1v) is 11.5. The van der Waals surface area contributed by atoms with Crippen molar-refractivity contribution in [3.05, 3.63) is 51.9 Å². The third-order valence-corrected chi connectivity index (χ3v) is 5.45. The minimum absolute atomic E-state index is 0.106. The van der Waals surface area contributed by atoms with Crippen molar-refractivity contribution in [2.75, 3.05) is 7.11 Å². The SMILES string of the molecule is CC.COc1cc2c(CC(=O)O)c(C)n(CCC/C(C)=C/C/C=C(\C)OC(F)(F)F)c2cc1Cl. The molecule has 9 heteroatoms. The zero-order chi connectivity index (χ0) is 26.1. The van der Waals surface area contributed by atoms with Gasteiger partial charge in [-0.1, -0.05) is 37.1 Å². The van der Waals surface area contributed by atoms with Gasteiger partial charge in [0.1, 0.15) is 5.75 Å². The molecule has 0 atom stereocenters. The van der Waals surface area contributed by atoms with Gasteiger partial charge >= 0.3 is 12.3 Å². The first kappa shape index (κ1) is 29.4. The van der Waals surface area contributed by atoms with Crippen LogP contribution in [0.3, 0.4) is 0 Å². The molecule has 0 spiro atoms. The van der Waals surface area contributed by atoms with Crippen molar-refractivity contribution in [2.24, 2.45) is 0 Å². The van der Waals surface area contributed by atoms with Crippen molar-refractivity contribution in [3.63, 3.8) is 0 Å². The van der Waals surface area contributed by atoms with E-state index in [4.69, 9.17) is 16.3 Å². The Labute approximate surface area is 203 Å². The zero-order valence-electron chi connectivity index (χ0n) is 20.5. The Balaban J connectivity index is 0.00000281. The highest BCUT2D eigenvalue weighted by molar-refractivity contribution is 6.32. The van der Waals surface area contributed by atoms with Gasteiger partial charge in [0.25, 0.3) is 0 Å². The van der Waals surface area contributed by atoms with Gasteiger partial charge in [0, 0.05) is 17.6 Å². The molecule has 0 fully saturated rings. The summed E-state index contributed by atoms with van der Waals surface area (Å²) in [6.07, 6.45) is 0.315. The topological polar surface area (TPSA) is 60.7 Å². The molecule has 0 aliphatic carbocycles. The Hall–Kier alpha value is -2.61. The number of alkyl halides is 3. The van der Waals surface area contributed by atoms with Crippen LogP contribution >= 0.6 is 11.6 Å². The molecule has 2 rings (SSSR count). The average Bonchev–Trinajstić information content (AvgIpc) is 2.97. The summed E-state index contributed by atoms with van der Waals surface area (Å²) in [5.41, 5.74) is 3.46. The number of allylic oxidation sites excluding steroid dienone is 4. The van der Waals surface area contributed by atoms with Gasteiger partial charge in [-0.15, -0.1) is 13.2 Å². The van der Waals surface area contributed by atoms with Gasteiger partial charge in [-0.05, 0) is 63.8 Å². The molecule has 1 heterocycles. The smallest absolute Gasteiger partial charge is 0.495 e. The molecule has 0 unspecified atom stereocenters. The van der Waals surface area contributed by atoms with E-state index in [1.165, 1.54) is 20.1 Å². The lowest BCUT2D eigenvalue weighted by Gasteiger charge is -2.10. The van der Waals surface area contributed by atoms with E-state index in [9.17, 15) is 23.1 Å². The number of hydrogen-bond donors (Lipinski definition) is 1. The number of nitrogens with zero attached hydrogens (tertiary/aromatic N) is 1. The van der Waals surface area contributed by atoms with Crippen LogP contribution in [0.15, 0.2) is 35.6 Å². The van der Waals surface area contributed by atoms with E-state index < -0.39 is 12.3 Å². The lowest BCUT2D eigenvalue weighted by atomic mass is 10.1. The van der Waals surface area contributed by atoms with Crippen LogP contribution in [0.5, 0.6) is 5.75 Å². The molecule has 0 radical (unpaired) electrons. The minimum atomic E-state index is -4.68. The van der Waals surface area contributed by atoms with Crippen molar-refractivity contribution in [1.29, 1.82) is 0 Å². The largest absolute Gasteiger partial charge is 0.572 e. The normalized spacial score (nSPS) is 12.4. The molecular weight excluding hydrogens is 471 g/mol. The standard InChI is InChI=1S/C23H27ClF3NO4.C2H6/c1-14(7-5-9-15(2)32-23(25,26)27)8-6-10-28-16(3)17(12-22(29)30)18-11-21(31-4)19(24)13-20(18)28;1-2/h7,9,11,13H,5-6,8,10,12H2,1-4H3,(H,29,30);1-2H3/b14-7+,15-9+;. The zero-order valence-corrected chi connectivity index (χ0v) is 21.2. The van der Waals surface area contributed by atoms with Crippen LogP contribution in [-0.2, 0) is 22.5 Å². The van der Waals surface area contributed by atoms with Crippen LogP contribution in [0, 0.1) is 6.92 Å². The summed E-state index contributed by atoms with van der Waals surface area (Å²) in [6.45, 7) is 9.72. The van der Waals surface area contributed by atoms with Crippen molar-refractivity contribution >= 4 is 28.5 Å². The van der Waals surface area contributed by atoms with E-state index >= 15 is 0 Å². The van der Waals surface area contributed by atoms with E-state index in [0.29, 0.717) is 23.7 Å². The first-order chi connectivity index (χ1) is 15.9. The Kier molecular flexibility index (Phi) is 11.5. The van der Waals surface area contributed by atoms with Crippen LogP contribution in [-0.4, -0.2) is 29.1 Å². The number of fused-ring (bicyclic) bond motifs is 1. The fourth-order valence-electron chi connectivity index (χ4n) is 3.63. The minimum Gasteiger partial charge on any atom is -0.495 e. The maximum absolute atomic E-state index is 12.2. The highest BCUT2D eigenvalue weighted by Gasteiger charge is 2.30. The number of halogens is 4. The number of carbonyl (C=O) groups is 1. The Morgan fingerprint density at radius 2 is 1.85 bits per heavy atom. The summed E-state index contributed by atoms with van der Waals surface area (Å²) < 4.78 is 47.7. The second-order valence-corrected chi connectivity index (χ2v) is 7.95. The molecule has 2 aromatic rings. The Bertz CT molecular complexity index is 1040. The van der Waals surface area contributed by atoms with Crippen LogP contribution in [0.1, 0.15) is 58.2 Å². The summed E-state index contributed by atoms with van der Waals surface area (Å²) >= 11 is 6.30. The van der Waals surface area contributed by atoms with Gasteiger partial charge in [0.2, 0.25) is 0 Å². The number of aryl methyl sites for hydroxylation is 1. The lowest BCUT2D eigenvalue weighted by molar-refractivity contribution is -0.305. The van der Waals surface area contributed by atoms with E-state index in [2.05, 4.69) is 4.74 Å². The molecule has 1 aromatic carbocycles. The quantitative estimate of drug-likeness (QED) is 0.265. The van der Waals surface area contributed by atoms with Gasteiger partial charge < -0.3 is 19.1 Å². The number of benzene rings is 1. The number of aliphatic carboxylic acids is 1. The van der Waals surface area contributed by atoms with Crippen molar-refractivity contribution in [2.45, 2.75) is 73.2 Å². The van der Waals surface area contributed by atoms with E-state index in [1.807, 2.05) is 38.3 Å². The molecule has 1 N–H and O–H groups in total. The summed E-state index contributed by atoms with van der Waals surface area (Å²) in [4.78, 5) is 11.4. The maximum atomic E-state index is 12.2. The van der Waals surface area contributed by atoms with Crippen LogP contribution in [0.4, 0.5) is 13.2 Å². The molecule has 5 nitrogen and oxygen atoms in total. The number of ether oxygens (including phenoxy) is 2. The number of rotatable bonds is 10. The third kappa shape index (κ3) is 8.63. The Morgan fingerprint density at radius 3 is 2.41 bits per heavy atom. The highest BCUT2D eigenvalue weighted by Crippen LogP contribution is 2.35. The second-order valence-electron chi connectivity index (χ2n) is 7.54. The predicted octanol–water partition coefficient (Wildman–Crippen LogP) is 7.82. The van der Waals surface area contributed by atoms with Gasteiger partial charge in [-0.2, -0.15) is 0 Å². The molecule has 190 valence electrons. The summed E-state index contributed by atoms with van der Waals surface area (Å²) in [5, 5.41) is 10.6. The molecule has 0 aliphatic rings. The summed E-state index contributed by atoms with van der Waals surface area (Å²) in [6, 6.07) is 3.55. The fourth-order valence-corrected chi connectivity index (χ4v) is 3.87. The van der Waals surface area contributed by atoms with E-state index in [0.717, 1.165) is 40.6 Å².